The molecule has 1 fully saturated rings. The summed E-state index contributed by atoms with van der Waals surface area (Å²) in [7, 11) is 0. The number of hydrogen-bond acceptors (Lipinski definition) is 2. The molecule has 0 N–H and O–H groups in total. The molecule has 0 aromatic rings. The highest BCUT2D eigenvalue weighted by molar-refractivity contribution is 14.1. The molecule has 1 saturated heterocycles. The van der Waals surface area contributed by atoms with Gasteiger partial charge in [-0.3, -0.25) is 0 Å². The molecule has 8 heavy (non-hydrogen) atoms. The SMILES string of the molecule is N#CN1CCC(I)C1. The second-order valence-corrected chi connectivity index (χ2v) is 3.69. The van der Waals surface area contributed by atoms with Crippen LogP contribution < -0.4 is 0 Å². The molecular formula is C5H7IN2. The minimum absolute atomic E-state index is 0.701. The van der Waals surface area contributed by atoms with Gasteiger partial charge in [-0.1, -0.05) is 22.6 Å². The summed E-state index contributed by atoms with van der Waals surface area (Å²) in [6.07, 6.45) is 3.30. The van der Waals surface area contributed by atoms with E-state index in [9.17, 15) is 0 Å². The van der Waals surface area contributed by atoms with Gasteiger partial charge in [0.1, 0.15) is 0 Å². The molecule has 0 saturated carbocycles. The second kappa shape index (κ2) is 2.53. The van der Waals surface area contributed by atoms with Crippen molar-refractivity contribution in [1.82, 2.24) is 4.90 Å². The summed E-state index contributed by atoms with van der Waals surface area (Å²) in [5.41, 5.74) is 0. The lowest BCUT2D eigenvalue weighted by Crippen LogP contribution is -2.12. The second-order valence-electron chi connectivity index (χ2n) is 1.93. The Morgan fingerprint density at radius 2 is 2.50 bits per heavy atom. The van der Waals surface area contributed by atoms with E-state index in [1.165, 1.54) is 6.42 Å². The molecule has 1 atom stereocenters. The Bertz CT molecular complexity index is 118. The molecule has 2 nitrogen and oxygen atoms in total. The zero-order valence-corrected chi connectivity index (χ0v) is 6.63. The van der Waals surface area contributed by atoms with Crippen molar-refractivity contribution in [2.75, 3.05) is 13.1 Å². The van der Waals surface area contributed by atoms with E-state index < -0.39 is 0 Å². The molecule has 44 valence electrons. The smallest absolute Gasteiger partial charge is 0.179 e. The van der Waals surface area contributed by atoms with Crippen LogP contribution in [0.5, 0.6) is 0 Å². The lowest BCUT2D eigenvalue weighted by molar-refractivity contribution is 0.489. The lowest BCUT2D eigenvalue weighted by Gasteiger charge is -2.01. The third kappa shape index (κ3) is 1.25. The minimum atomic E-state index is 0.701. The molecule has 0 aromatic carbocycles. The van der Waals surface area contributed by atoms with Crippen LogP contribution in [-0.2, 0) is 0 Å². The van der Waals surface area contributed by atoms with E-state index in [1.807, 2.05) is 0 Å². The average Bonchev–Trinajstić information content (AvgIpc) is 2.14. The molecule has 1 heterocycles. The van der Waals surface area contributed by atoms with Crippen molar-refractivity contribution < 1.29 is 0 Å². The summed E-state index contributed by atoms with van der Waals surface area (Å²) in [5, 5.41) is 8.36. The quantitative estimate of drug-likeness (QED) is 0.347. The van der Waals surface area contributed by atoms with Gasteiger partial charge in [0.05, 0.1) is 0 Å². The highest BCUT2D eigenvalue weighted by atomic mass is 127. The van der Waals surface area contributed by atoms with Gasteiger partial charge >= 0.3 is 0 Å². The highest BCUT2D eigenvalue weighted by Crippen LogP contribution is 2.15. The number of hydrogen-bond donors (Lipinski definition) is 0. The number of nitrogens with zero attached hydrogens (tertiary/aromatic N) is 2. The topological polar surface area (TPSA) is 27.0 Å². The zero-order valence-electron chi connectivity index (χ0n) is 4.47. The van der Waals surface area contributed by atoms with Crippen molar-refractivity contribution >= 4 is 22.6 Å². The zero-order chi connectivity index (χ0) is 5.98. The molecule has 1 unspecified atom stereocenters. The van der Waals surface area contributed by atoms with Gasteiger partial charge in [-0.2, -0.15) is 5.26 Å². The third-order valence-electron chi connectivity index (χ3n) is 1.27. The van der Waals surface area contributed by atoms with E-state index in [4.69, 9.17) is 5.26 Å². The number of halogens is 1. The lowest BCUT2D eigenvalue weighted by atomic mass is 10.4. The van der Waals surface area contributed by atoms with Gasteiger partial charge in [0.2, 0.25) is 0 Å². The van der Waals surface area contributed by atoms with Gasteiger partial charge in [-0.25, -0.2) is 0 Å². The normalized spacial score (nSPS) is 28.0. The summed E-state index contributed by atoms with van der Waals surface area (Å²) in [6.45, 7) is 1.92. The molecule has 1 aliphatic heterocycles. The highest BCUT2D eigenvalue weighted by Gasteiger charge is 2.17. The van der Waals surface area contributed by atoms with E-state index in [0.717, 1.165) is 13.1 Å². The first-order valence-corrected chi connectivity index (χ1v) is 3.86. The summed E-state index contributed by atoms with van der Waals surface area (Å²) >= 11 is 2.38. The fourth-order valence-electron chi connectivity index (χ4n) is 0.808. The average molecular weight is 222 g/mol. The number of nitriles is 1. The Kier molecular flexibility index (Phi) is 1.95. The van der Waals surface area contributed by atoms with Gasteiger partial charge in [0.15, 0.2) is 6.19 Å². The van der Waals surface area contributed by atoms with Crippen molar-refractivity contribution in [3.05, 3.63) is 0 Å². The van der Waals surface area contributed by atoms with Crippen LogP contribution in [-0.4, -0.2) is 21.9 Å². The summed E-state index contributed by atoms with van der Waals surface area (Å²) in [5.74, 6) is 0. The Labute approximate surface area is 62.6 Å². The fourth-order valence-corrected chi connectivity index (χ4v) is 1.56. The molecule has 0 radical (unpaired) electrons. The van der Waals surface area contributed by atoms with Crippen LogP contribution >= 0.6 is 22.6 Å². The Balaban J connectivity index is 2.35. The van der Waals surface area contributed by atoms with E-state index >= 15 is 0 Å². The Morgan fingerprint density at radius 1 is 1.75 bits per heavy atom. The molecule has 0 aromatic heterocycles. The van der Waals surface area contributed by atoms with Crippen LogP contribution in [0.25, 0.3) is 0 Å². The molecular weight excluding hydrogens is 215 g/mol. The van der Waals surface area contributed by atoms with Crippen molar-refractivity contribution in [3.63, 3.8) is 0 Å². The first-order valence-electron chi connectivity index (χ1n) is 2.61. The monoisotopic (exact) mass is 222 g/mol. The van der Waals surface area contributed by atoms with E-state index in [-0.39, 0.29) is 0 Å². The molecule has 1 rings (SSSR count). The van der Waals surface area contributed by atoms with Crippen molar-refractivity contribution in [2.24, 2.45) is 0 Å². The maximum atomic E-state index is 8.36. The van der Waals surface area contributed by atoms with Gasteiger partial charge in [-0.05, 0) is 6.42 Å². The molecule has 0 spiro atoms. The fraction of sp³-hybridized carbons (Fsp3) is 0.800. The number of likely N-dealkylation sites (tertiary alicyclic amines) is 1. The van der Waals surface area contributed by atoms with Crippen LogP contribution in [0.1, 0.15) is 6.42 Å². The van der Waals surface area contributed by atoms with E-state index in [0.29, 0.717) is 3.92 Å². The van der Waals surface area contributed by atoms with Gasteiger partial charge in [0.25, 0.3) is 0 Å². The van der Waals surface area contributed by atoms with Gasteiger partial charge in [0, 0.05) is 17.0 Å². The molecule has 3 heteroatoms. The van der Waals surface area contributed by atoms with E-state index in [2.05, 4.69) is 28.8 Å². The largest absolute Gasteiger partial charge is 0.310 e. The van der Waals surface area contributed by atoms with Crippen LogP contribution in [0.15, 0.2) is 0 Å². The van der Waals surface area contributed by atoms with Crippen molar-refractivity contribution in [2.45, 2.75) is 10.3 Å². The number of rotatable bonds is 0. The van der Waals surface area contributed by atoms with Crippen LogP contribution in [0, 0.1) is 11.5 Å². The van der Waals surface area contributed by atoms with Crippen LogP contribution in [0.2, 0.25) is 0 Å². The molecule has 1 aliphatic rings. The summed E-state index contributed by atoms with van der Waals surface area (Å²) in [4.78, 5) is 1.80. The van der Waals surface area contributed by atoms with Crippen LogP contribution in [0.3, 0.4) is 0 Å². The minimum Gasteiger partial charge on any atom is -0.310 e. The van der Waals surface area contributed by atoms with Gasteiger partial charge < -0.3 is 4.90 Å². The molecule has 0 amide bonds. The Morgan fingerprint density at radius 3 is 2.75 bits per heavy atom. The predicted octanol–water partition coefficient (Wildman–Crippen LogP) is 0.977. The summed E-state index contributed by atoms with van der Waals surface area (Å²) in [6, 6.07) is 0. The molecule has 0 bridgehead atoms. The van der Waals surface area contributed by atoms with Crippen molar-refractivity contribution in [3.8, 4) is 6.19 Å². The molecule has 0 aliphatic carbocycles. The summed E-state index contributed by atoms with van der Waals surface area (Å²) < 4.78 is 0.701. The first-order chi connectivity index (χ1) is 3.83. The standard InChI is InChI=1S/C5H7IN2/c6-5-1-2-8(3-5)4-7/h5H,1-3H2. The first kappa shape index (κ1) is 6.14. The Hall–Kier alpha value is 0.0200. The van der Waals surface area contributed by atoms with Crippen LogP contribution in [0.4, 0.5) is 0 Å². The maximum absolute atomic E-state index is 8.36. The predicted molar refractivity (Wildman–Crippen MR) is 39.6 cm³/mol. The van der Waals surface area contributed by atoms with Crippen molar-refractivity contribution in [1.29, 1.82) is 5.26 Å². The third-order valence-corrected chi connectivity index (χ3v) is 2.29. The van der Waals surface area contributed by atoms with Gasteiger partial charge in [-0.15, -0.1) is 0 Å². The number of alkyl halides is 1. The van der Waals surface area contributed by atoms with E-state index in [1.54, 1.807) is 4.90 Å². The maximum Gasteiger partial charge on any atom is 0.179 e.